The summed E-state index contributed by atoms with van der Waals surface area (Å²) >= 11 is 0. The zero-order chi connectivity index (χ0) is 32.8. The molecule has 0 spiro atoms. The summed E-state index contributed by atoms with van der Waals surface area (Å²) in [6.07, 6.45) is 0. The maximum atomic E-state index is 6.53. The molecule has 8 heteroatoms. The van der Waals surface area contributed by atoms with Crippen molar-refractivity contribution in [2.75, 3.05) is 0 Å². The van der Waals surface area contributed by atoms with E-state index in [1.807, 2.05) is 80.6 Å². The van der Waals surface area contributed by atoms with Crippen molar-refractivity contribution in [1.82, 2.24) is 24.9 Å². The van der Waals surface area contributed by atoms with Crippen molar-refractivity contribution in [1.29, 1.82) is 0 Å². The number of benzene rings is 4. The van der Waals surface area contributed by atoms with Gasteiger partial charge in [-0.05, 0) is 70.3 Å². The van der Waals surface area contributed by atoms with Crippen LogP contribution in [0.3, 0.4) is 0 Å². The first kappa shape index (κ1) is 30.6. The molecule has 0 amide bonds. The second kappa shape index (κ2) is 12.0. The highest BCUT2D eigenvalue weighted by atomic mass is 16.7. The Hall–Kier alpha value is -5.05. The molecular weight excluding hydrogens is 581 g/mol. The minimum atomic E-state index is -0.564. The van der Waals surface area contributed by atoms with Gasteiger partial charge >= 0.3 is 7.12 Å². The summed E-state index contributed by atoms with van der Waals surface area (Å²) in [6, 6.07) is 36.6. The average Bonchev–Trinajstić information content (AvgIpc) is 3.30. The fraction of sp³-hybridized carbons (Fsp3) is 0.205. The number of hydrogen-bond donors (Lipinski definition) is 0. The molecule has 232 valence electrons. The van der Waals surface area contributed by atoms with Crippen molar-refractivity contribution < 1.29 is 9.31 Å². The van der Waals surface area contributed by atoms with E-state index in [1.54, 1.807) is 0 Å². The van der Waals surface area contributed by atoms with E-state index < -0.39 is 18.3 Å². The van der Waals surface area contributed by atoms with Crippen LogP contribution in [0.5, 0.6) is 0 Å². The van der Waals surface area contributed by atoms with Gasteiger partial charge in [0.15, 0.2) is 23.3 Å². The van der Waals surface area contributed by atoms with Gasteiger partial charge in [-0.2, -0.15) is 0 Å². The maximum Gasteiger partial charge on any atom is 0.494 e. The third-order valence-electron chi connectivity index (χ3n) is 8.90. The first-order chi connectivity index (χ1) is 22.5. The molecule has 0 aliphatic carbocycles. The predicted octanol–water partition coefficient (Wildman–Crippen LogP) is 7.91. The standard InChI is InChI=1S/C39H36BN5O2/c1-25-21-26(2)42-34(41-25)30-19-17-27(18-20-30)31-22-32(24-33(23-31)40-46-38(3,4)39(5,6)47-40)37-44-35(28-13-9-7-10-14-28)43-36(45-37)29-15-11-8-12-16-29/h7-24H,1-6H3. The fourth-order valence-corrected chi connectivity index (χ4v) is 5.67. The summed E-state index contributed by atoms with van der Waals surface area (Å²) in [7, 11) is -0.564. The van der Waals surface area contributed by atoms with E-state index in [0.717, 1.165) is 50.2 Å². The van der Waals surface area contributed by atoms with Crippen LogP contribution in [0.1, 0.15) is 39.1 Å². The Bertz CT molecular complexity index is 1970. The van der Waals surface area contributed by atoms with Crippen molar-refractivity contribution in [3.8, 4) is 56.7 Å². The van der Waals surface area contributed by atoms with Crippen LogP contribution in [0.4, 0.5) is 0 Å². The predicted molar refractivity (Wildman–Crippen MR) is 188 cm³/mol. The van der Waals surface area contributed by atoms with Crippen LogP contribution < -0.4 is 5.46 Å². The molecule has 6 aromatic rings. The van der Waals surface area contributed by atoms with Crippen molar-refractivity contribution in [3.05, 3.63) is 121 Å². The molecule has 0 bridgehead atoms. The largest absolute Gasteiger partial charge is 0.494 e. The molecule has 0 radical (unpaired) electrons. The van der Waals surface area contributed by atoms with E-state index in [2.05, 4.69) is 80.1 Å². The van der Waals surface area contributed by atoms with Gasteiger partial charge in [0, 0.05) is 33.6 Å². The van der Waals surface area contributed by atoms with E-state index in [1.165, 1.54) is 0 Å². The van der Waals surface area contributed by atoms with E-state index in [4.69, 9.17) is 24.3 Å². The zero-order valence-electron chi connectivity index (χ0n) is 27.5. The molecule has 2 aromatic heterocycles. The number of rotatable bonds is 6. The Morgan fingerprint density at radius 1 is 0.426 bits per heavy atom. The second-order valence-corrected chi connectivity index (χ2v) is 13.0. The van der Waals surface area contributed by atoms with Crippen LogP contribution in [0, 0.1) is 13.8 Å². The Morgan fingerprint density at radius 3 is 1.34 bits per heavy atom. The Labute approximate surface area is 276 Å². The maximum absolute atomic E-state index is 6.53. The smallest absolute Gasteiger partial charge is 0.399 e. The Balaban J connectivity index is 1.38. The highest BCUT2D eigenvalue weighted by molar-refractivity contribution is 6.62. The van der Waals surface area contributed by atoms with Crippen LogP contribution in [0.15, 0.2) is 109 Å². The fourth-order valence-electron chi connectivity index (χ4n) is 5.67. The topological polar surface area (TPSA) is 82.9 Å². The number of aromatic nitrogens is 5. The van der Waals surface area contributed by atoms with Gasteiger partial charge in [-0.15, -0.1) is 0 Å². The highest BCUT2D eigenvalue weighted by Crippen LogP contribution is 2.37. The van der Waals surface area contributed by atoms with Gasteiger partial charge in [0.1, 0.15) is 0 Å². The highest BCUT2D eigenvalue weighted by Gasteiger charge is 2.51. The summed E-state index contributed by atoms with van der Waals surface area (Å²) in [5.41, 5.74) is 7.44. The molecule has 1 fully saturated rings. The second-order valence-electron chi connectivity index (χ2n) is 13.0. The molecule has 1 saturated heterocycles. The van der Waals surface area contributed by atoms with Crippen LogP contribution in [-0.4, -0.2) is 43.2 Å². The van der Waals surface area contributed by atoms with E-state index >= 15 is 0 Å². The van der Waals surface area contributed by atoms with E-state index in [9.17, 15) is 0 Å². The third-order valence-corrected chi connectivity index (χ3v) is 8.90. The lowest BCUT2D eigenvalue weighted by atomic mass is 9.77. The van der Waals surface area contributed by atoms with Gasteiger partial charge in [0.25, 0.3) is 0 Å². The molecule has 1 aliphatic rings. The lowest BCUT2D eigenvalue weighted by Gasteiger charge is -2.32. The van der Waals surface area contributed by atoms with Gasteiger partial charge in [0.2, 0.25) is 0 Å². The summed E-state index contributed by atoms with van der Waals surface area (Å²) in [4.78, 5) is 24.2. The molecule has 1 aliphatic heterocycles. The third kappa shape index (κ3) is 6.22. The number of hydrogen-bond acceptors (Lipinski definition) is 7. The molecule has 3 heterocycles. The molecule has 0 atom stereocenters. The molecule has 0 N–H and O–H groups in total. The molecule has 7 rings (SSSR count). The summed E-state index contributed by atoms with van der Waals surface area (Å²) in [5.74, 6) is 2.50. The Kier molecular flexibility index (Phi) is 7.78. The van der Waals surface area contributed by atoms with Crippen LogP contribution in [-0.2, 0) is 9.31 Å². The molecule has 47 heavy (non-hydrogen) atoms. The lowest BCUT2D eigenvalue weighted by Crippen LogP contribution is -2.41. The minimum absolute atomic E-state index is 0.491. The molecule has 0 unspecified atom stereocenters. The van der Waals surface area contributed by atoms with E-state index in [0.29, 0.717) is 23.3 Å². The minimum Gasteiger partial charge on any atom is -0.399 e. The van der Waals surface area contributed by atoms with Gasteiger partial charge in [-0.3, -0.25) is 0 Å². The summed E-state index contributed by atoms with van der Waals surface area (Å²) < 4.78 is 13.1. The molecular formula is C39H36BN5O2. The monoisotopic (exact) mass is 617 g/mol. The molecule has 7 nitrogen and oxygen atoms in total. The number of aryl methyl sites for hydroxylation is 2. The lowest BCUT2D eigenvalue weighted by molar-refractivity contribution is 0.00578. The zero-order valence-corrected chi connectivity index (χ0v) is 27.5. The van der Waals surface area contributed by atoms with Crippen molar-refractivity contribution >= 4 is 12.6 Å². The van der Waals surface area contributed by atoms with Crippen molar-refractivity contribution in [3.63, 3.8) is 0 Å². The van der Waals surface area contributed by atoms with Gasteiger partial charge in [0.05, 0.1) is 11.2 Å². The molecule has 4 aromatic carbocycles. The summed E-state index contributed by atoms with van der Waals surface area (Å²) in [5, 5.41) is 0. The SMILES string of the molecule is Cc1cc(C)nc(-c2ccc(-c3cc(B4OC(C)(C)C(C)(C)O4)cc(-c4nc(-c5ccccc5)nc(-c5ccccc5)n4)c3)cc2)n1. The van der Waals surface area contributed by atoms with Crippen LogP contribution in [0.25, 0.3) is 56.7 Å². The first-order valence-corrected chi connectivity index (χ1v) is 15.9. The normalized spacial score (nSPS) is 15.1. The van der Waals surface area contributed by atoms with Gasteiger partial charge < -0.3 is 9.31 Å². The van der Waals surface area contributed by atoms with Crippen LogP contribution in [0.2, 0.25) is 0 Å². The Morgan fingerprint density at radius 2 is 0.830 bits per heavy atom. The molecule has 0 saturated carbocycles. The van der Waals surface area contributed by atoms with Gasteiger partial charge in [-0.25, -0.2) is 24.9 Å². The van der Waals surface area contributed by atoms with Crippen molar-refractivity contribution in [2.24, 2.45) is 0 Å². The van der Waals surface area contributed by atoms with Gasteiger partial charge in [-0.1, -0.05) is 97.1 Å². The van der Waals surface area contributed by atoms with Crippen molar-refractivity contribution in [2.45, 2.75) is 52.7 Å². The van der Waals surface area contributed by atoms with E-state index in [-0.39, 0.29) is 0 Å². The quantitative estimate of drug-likeness (QED) is 0.176. The van der Waals surface area contributed by atoms with Crippen LogP contribution >= 0.6 is 0 Å². The first-order valence-electron chi connectivity index (χ1n) is 15.9. The average molecular weight is 618 g/mol. The number of nitrogens with zero attached hydrogens (tertiary/aromatic N) is 5. The summed E-state index contributed by atoms with van der Waals surface area (Å²) in [6.45, 7) is 12.2.